The Morgan fingerprint density at radius 1 is 1.26 bits per heavy atom. The summed E-state index contributed by atoms with van der Waals surface area (Å²) in [6, 6.07) is 5.56. The van der Waals surface area contributed by atoms with Gasteiger partial charge in [-0.3, -0.25) is 10.2 Å². The van der Waals surface area contributed by atoms with Crippen LogP contribution in [0.25, 0.3) is 17.2 Å². The average molecular weight is 518 g/mol. The van der Waals surface area contributed by atoms with Crippen LogP contribution in [0.4, 0.5) is 13.2 Å². The summed E-state index contributed by atoms with van der Waals surface area (Å²) in [5.74, 6) is -1.34. The highest BCUT2D eigenvalue weighted by atomic mass is 32.2. The molecule has 14 heteroatoms. The predicted octanol–water partition coefficient (Wildman–Crippen LogP) is 2.54. The van der Waals surface area contributed by atoms with Crippen LogP contribution in [0, 0.1) is 5.41 Å². The number of hydrogen-bond donors (Lipinski definition) is 2. The number of aromatic nitrogens is 2. The van der Waals surface area contributed by atoms with Gasteiger partial charge >= 0.3 is 12.1 Å². The molecule has 1 aromatic heterocycles. The van der Waals surface area contributed by atoms with Crippen molar-refractivity contribution in [2.45, 2.75) is 24.9 Å². The second-order valence-electron chi connectivity index (χ2n) is 7.28. The first-order chi connectivity index (χ1) is 16.3. The molecule has 0 saturated heterocycles. The smallest absolute Gasteiger partial charge is 0.432 e. The lowest BCUT2D eigenvalue weighted by Crippen LogP contribution is -2.30. The molecule has 10 nitrogen and oxygen atoms in total. The van der Waals surface area contributed by atoms with E-state index in [0.29, 0.717) is 12.6 Å². The molecule has 2 N–H and O–H groups in total. The van der Waals surface area contributed by atoms with E-state index < -0.39 is 45.8 Å². The fourth-order valence-corrected chi connectivity index (χ4v) is 3.44. The number of hydrogen-bond acceptors (Lipinski definition) is 10. The molecule has 2 aromatic rings. The minimum absolute atomic E-state index is 0.0186. The number of alkyl halides is 3. The molecular formula is C21H26F3N5O5S. The maximum absolute atomic E-state index is 12.9. The van der Waals surface area contributed by atoms with Crippen molar-refractivity contribution in [1.82, 2.24) is 20.4 Å². The van der Waals surface area contributed by atoms with E-state index in [9.17, 15) is 26.4 Å². The highest BCUT2D eigenvalue weighted by Crippen LogP contribution is 2.24. The van der Waals surface area contributed by atoms with Crippen LogP contribution in [0.1, 0.15) is 19.7 Å². The molecule has 0 saturated carbocycles. The lowest BCUT2D eigenvalue weighted by atomic mass is 10.2. The zero-order chi connectivity index (χ0) is 26.2. The Morgan fingerprint density at radius 2 is 1.94 bits per heavy atom. The monoisotopic (exact) mass is 517 g/mol. The fourth-order valence-electron chi connectivity index (χ4n) is 2.77. The first-order valence-corrected chi connectivity index (χ1v) is 12.4. The zero-order valence-electron chi connectivity index (χ0n) is 19.3. The molecule has 0 aliphatic rings. The number of ether oxygens (including phenoxy) is 1. The number of allylic oxidation sites excluding steroid dienone is 1. The molecule has 0 aliphatic carbocycles. The summed E-state index contributed by atoms with van der Waals surface area (Å²) >= 11 is 0. The number of nitrogens with zero attached hydrogens (tertiary/aromatic N) is 3. The van der Waals surface area contributed by atoms with Gasteiger partial charge in [0, 0.05) is 18.4 Å². The maximum Gasteiger partial charge on any atom is 0.432 e. The van der Waals surface area contributed by atoms with Gasteiger partial charge in [-0.1, -0.05) is 19.9 Å². The van der Waals surface area contributed by atoms with E-state index in [0.717, 1.165) is 19.3 Å². The van der Waals surface area contributed by atoms with Crippen LogP contribution in [0.3, 0.4) is 0 Å². The summed E-state index contributed by atoms with van der Waals surface area (Å²) in [6.07, 6.45) is -3.53. The van der Waals surface area contributed by atoms with Crippen LogP contribution in [-0.4, -0.2) is 80.4 Å². The first kappa shape index (κ1) is 28.0. The second kappa shape index (κ2) is 11.9. The third kappa shape index (κ3) is 8.47. The quantitative estimate of drug-likeness (QED) is 0.321. The normalized spacial score (nSPS) is 12.6. The van der Waals surface area contributed by atoms with E-state index >= 15 is 0 Å². The van der Waals surface area contributed by atoms with Gasteiger partial charge in [0.1, 0.15) is 24.6 Å². The molecule has 1 heterocycles. The lowest BCUT2D eigenvalue weighted by Gasteiger charge is -2.17. The van der Waals surface area contributed by atoms with Crippen LogP contribution in [0.15, 0.2) is 39.7 Å². The van der Waals surface area contributed by atoms with Gasteiger partial charge in [-0.05, 0) is 37.4 Å². The largest absolute Gasteiger partial charge is 0.463 e. The Balaban J connectivity index is 2.22. The molecular weight excluding hydrogens is 491 g/mol. The van der Waals surface area contributed by atoms with Gasteiger partial charge in [0.15, 0.2) is 9.84 Å². The lowest BCUT2D eigenvalue weighted by molar-refractivity contribution is -0.142. The van der Waals surface area contributed by atoms with Crippen LogP contribution in [0.2, 0.25) is 0 Å². The number of halogens is 3. The number of carbonyl (C=O) groups excluding carboxylic acids is 1. The van der Waals surface area contributed by atoms with Crippen LogP contribution in [-0.2, 0) is 19.4 Å². The van der Waals surface area contributed by atoms with Crippen molar-refractivity contribution in [3.8, 4) is 11.5 Å². The number of nitrogens with one attached hydrogen (secondary N) is 2. The zero-order valence-corrected chi connectivity index (χ0v) is 20.2. The van der Waals surface area contributed by atoms with Crippen LogP contribution < -0.4 is 5.32 Å². The molecule has 1 aromatic carbocycles. The van der Waals surface area contributed by atoms with Crippen molar-refractivity contribution in [2.24, 2.45) is 0 Å². The summed E-state index contributed by atoms with van der Waals surface area (Å²) in [5.41, 5.74) is -1.92. The van der Waals surface area contributed by atoms with E-state index in [1.54, 1.807) is 0 Å². The van der Waals surface area contributed by atoms with Crippen molar-refractivity contribution < 1.29 is 35.5 Å². The molecule has 35 heavy (non-hydrogen) atoms. The third-order valence-electron chi connectivity index (χ3n) is 4.75. The number of rotatable bonds is 12. The molecule has 2 rings (SSSR count). The molecule has 0 fully saturated rings. The van der Waals surface area contributed by atoms with Gasteiger partial charge in [0.2, 0.25) is 5.89 Å². The van der Waals surface area contributed by atoms with Gasteiger partial charge in [-0.15, -0.1) is 10.2 Å². The van der Waals surface area contributed by atoms with E-state index in [1.807, 2.05) is 18.7 Å². The Hall–Kier alpha value is -3.26. The highest BCUT2D eigenvalue weighted by Gasteiger charge is 2.33. The molecule has 0 aliphatic heterocycles. The molecule has 0 radical (unpaired) electrons. The summed E-state index contributed by atoms with van der Waals surface area (Å²) < 4.78 is 72.9. The Morgan fingerprint density at radius 3 is 2.54 bits per heavy atom. The Kier molecular flexibility index (Phi) is 9.54. The number of esters is 1. The molecule has 0 unspecified atom stereocenters. The van der Waals surface area contributed by atoms with Crippen molar-refractivity contribution in [2.75, 3.05) is 39.0 Å². The first-order valence-electron chi connectivity index (χ1n) is 10.5. The van der Waals surface area contributed by atoms with Gasteiger partial charge < -0.3 is 19.4 Å². The van der Waals surface area contributed by atoms with E-state index in [-0.39, 0.29) is 23.0 Å². The topological polar surface area (TPSA) is 138 Å². The molecule has 0 bridgehead atoms. The van der Waals surface area contributed by atoms with Gasteiger partial charge in [0.25, 0.3) is 5.89 Å². The summed E-state index contributed by atoms with van der Waals surface area (Å²) in [5, 5.41) is 17.1. The number of likely N-dealkylation sites (N-methyl/N-ethyl adjacent to an activating group) is 1. The van der Waals surface area contributed by atoms with Crippen LogP contribution in [0.5, 0.6) is 0 Å². The fraction of sp³-hybridized carbons (Fsp3) is 0.429. The Labute approximate surface area is 200 Å². The predicted molar refractivity (Wildman–Crippen MR) is 121 cm³/mol. The summed E-state index contributed by atoms with van der Waals surface area (Å²) in [4.78, 5) is 14.1. The SMILES string of the molecule is CCN(CC)CCOC(=O)CN/C(=C\C(=N)C(F)(F)F)c1nnc(-c2cccc(S(C)(=O)=O)c2)o1. The highest BCUT2D eigenvalue weighted by molar-refractivity contribution is 7.90. The van der Waals surface area contributed by atoms with Crippen molar-refractivity contribution in [3.63, 3.8) is 0 Å². The van der Waals surface area contributed by atoms with E-state index in [1.165, 1.54) is 24.3 Å². The summed E-state index contributed by atoms with van der Waals surface area (Å²) in [7, 11) is -3.53. The average Bonchev–Trinajstić information content (AvgIpc) is 3.28. The van der Waals surface area contributed by atoms with Gasteiger partial charge in [-0.2, -0.15) is 13.2 Å². The van der Waals surface area contributed by atoms with E-state index in [4.69, 9.17) is 14.6 Å². The maximum atomic E-state index is 12.9. The van der Waals surface area contributed by atoms with Gasteiger partial charge in [0.05, 0.1) is 4.90 Å². The molecule has 192 valence electrons. The molecule has 0 spiro atoms. The van der Waals surface area contributed by atoms with Crippen LogP contribution >= 0.6 is 0 Å². The van der Waals surface area contributed by atoms with Crippen molar-refractivity contribution in [3.05, 3.63) is 36.2 Å². The van der Waals surface area contributed by atoms with Gasteiger partial charge in [-0.25, -0.2) is 8.42 Å². The number of sulfone groups is 1. The van der Waals surface area contributed by atoms with E-state index in [2.05, 4.69) is 15.5 Å². The number of benzene rings is 1. The third-order valence-corrected chi connectivity index (χ3v) is 5.86. The second-order valence-corrected chi connectivity index (χ2v) is 9.30. The molecule has 0 amide bonds. The van der Waals surface area contributed by atoms with Crippen molar-refractivity contribution >= 4 is 27.2 Å². The summed E-state index contributed by atoms with van der Waals surface area (Å²) in [6.45, 7) is 5.53. The van der Waals surface area contributed by atoms with Crippen molar-refractivity contribution in [1.29, 1.82) is 5.41 Å². The Bertz CT molecular complexity index is 1170. The molecule has 0 atom stereocenters. The minimum atomic E-state index is -4.95. The minimum Gasteiger partial charge on any atom is -0.463 e. The number of carbonyl (C=O) groups is 1. The standard InChI is InChI=1S/C21H26F3N5O5S/c1-4-29(5-2)9-10-33-18(30)13-26-16(12-17(25)21(22,23)24)20-28-27-19(34-20)14-7-6-8-15(11-14)35(3,31)32/h6-8,11-12,25-26H,4-5,9-10,13H2,1-3H3/b16-12-,25-17?.